The van der Waals surface area contributed by atoms with Gasteiger partial charge in [-0.15, -0.1) is 0 Å². The molecule has 9 nitrogen and oxygen atoms in total. The Labute approximate surface area is 140 Å². The van der Waals surface area contributed by atoms with Crippen LogP contribution in [0.3, 0.4) is 0 Å². The number of rotatable bonds is 3. The van der Waals surface area contributed by atoms with Crippen LogP contribution in [-0.2, 0) is 9.47 Å². The highest BCUT2D eigenvalue weighted by Gasteiger charge is 2.35. The Morgan fingerprint density at radius 3 is 2.96 bits per heavy atom. The molecule has 1 amide bonds. The summed E-state index contributed by atoms with van der Waals surface area (Å²) in [4.78, 5) is 28.0. The maximum absolute atomic E-state index is 11.8. The summed E-state index contributed by atoms with van der Waals surface area (Å²) < 4.78 is 12.6. The first-order chi connectivity index (χ1) is 11.3. The number of nitrogens with two attached hydrogens (primary N) is 1. The van der Waals surface area contributed by atoms with Gasteiger partial charge in [-0.25, -0.2) is 4.98 Å². The standard InChI is InChI=1S/C13H17N3O4.CH4NOP/c1-7-14-12-8(13(18)15-7)3-4-16(12)11-5-9(17)10(20-11)6-19-2;2-1(3)4/h3-4,9-11,17H,5-6H2,1-2H3,(H,14,15,18);4H2,(H2,2,3)/t9-,10?,11?;/m1./s1. The van der Waals surface area contributed by atoms with Crippen LogP contribution in [0.25, 0.3) is 11.0 Å². The molecule has 1 aliphatic heterocycles. The lowest BCUT2D eigenvalue weighted by Gasteiger charge is -2.15. The van der Waals surface area contributed by atoms with E-state index in [4.69, 9.17) is 9.47 Å². The van der Waals surface area contributed by atoms with Gasteiger partial charge in [0.25, 0.3) is 5.56 Å². The monoisotopic (exact) mass is 356 g/mol. The number of aliphatic hydroxyl groups is 1. The van der Waals surface area contributed by atoms with Crippen LogP contribution in [0.4, 0.5) is 4.79 Å². The summed E-state index contributed by atoms with van der Waals surface area (Å²) in [6.45, 7) is 2.07. The summed E-state index contributed by atoms with van der Waals surface area (Å²) >= 11 is 0. The summed E-state index contributed by atoms with van der Waals surface area (Å²) in [6, 6.07) is 1.71. The van der Waals surface area contributed by atoms with Crippen molar-refractivity contribution in [2.75, 3.05) is 13.7 Å². The van der Waals surface area contributed by atoms with E-state index in [0.29, 0.717) is 29.9 Å². The average Bonchev–Trinajstić information content (AvgIpc) is 3.03. The van der Waals surface area contributed by atoms with E-state index in [9.17, 15) is 14.7 Å². The number of aryl methyl sites for hydroxylation is 1. The number of hydrogen-bond donors (Lipinski definition) is 3. The molecule has 4 atom stereocenters. The molecule has 0 bridgehead atoms. The van der Waals surface area contributed by atoms with E-state index >= 15 is 0 Å². The van der Waals surface area contributed by atoms with Gasteiger partial charge in [0.05, 0.1) is 18.1 Å². The Kier molecular flexibility index (Phi) is 6.06. The van der Waals surface area contributed by atoms with E-state index < -0.39 is 11.8 Å². The van der Waals surface area contributed by atoms with Gasteiger partial charge in [0.15, 0.2) is 0 Å². The molecule has 4 N–H and O–H groups in total. The summed E-state index contributed by atoms with van der Waals surface area (Å²) in [6.07, 6.45) is 0.937. The van der Waals surface area contributed by atoms with Gasteiger partial charge < -0.3 is 29.9 Å². The number of nitrogens with one attached hydrogen (secondary N) is 1. The molecule has 2 aromatic heterocycles. The summed E-state index contributed by atoms with van der Waals surface area (Å²) in [5.74, 6) is 0.550. The van der Waals surface area contributed by atoms with Crippen molar-refractivity contribution in [1.82, 2.24) is 14.5 Å². The van der Waals surface area contributed by atoms with E-state index in [-0.39, 0.29) is 17.9 Å². The number of aromatic nitrogens is 3. The largest absolute Gasteiger partial charge is 0.390 e. The van der Waals surface area contributed by atoms with Crippen molar-refractivity contribution in [2.24, 2.45) is 5.73 Å². The number of amides is 1. The van der Waals surface area contributed by atoms with Gasteiger partial charge >= 0.3 is 0 Å². The third kappa shape index (κ3) is 4.18. The van der Waals surface area contributed by atoms with Crippen molar-refractivity contribution in [1.29, 1.82) is 0 Å². The van der Waals surface area contributed by atoms with Crippen LogP contribution < -0.4 is 11.3 Å². The van der Waals surface area contributed by atoms with E-state index in [0.717, 1.165) is 0 Å². The van der Waals surface area contributed by atoms with Crippen LogP contribution in [0.15, 0.2) is 17.1 Å². The third-order valence-electron chi connectivity index (χ3n) is 3.55. The third-order valence-corrected chi connectivity index (χ3v) is 3.55. The number of nitrogens with zero attached hydrogens (tertiary/aromatic N) is 2. The van der Waals surface area contributed by atoms with Gasteiger partial charge in [-0.2, -0.15) is 0 Å². The van der Waals surface area contributed by atoms with Crippen LogP contribution >= 0.6 is 9.24 Å². The minimum absolute atomic E-state index is 0.168. The van der Waals surface area contributed by atoms with Crippen LogP contribution in [-0.4, -0.2) is 51.2 Å². The molecule has 3 heterocycles. The molecule has 1 fully saturated rings. The number of carbonyl (C=O) groups is 1. The number of methoxy groups -OCH3 is 1. The molecule has 24 heavy (non-hydrogen) atoms. The summed E-state index contributed by atoms with van der Waals surface area (Å²) in [7, 11) is 3.36. The first kappa shape index (κ1) is 18.5. The lowest BCUT2D eigenvalue weighted by atomic mass is 10.2. The zero-order chi connectivity index (χ0) is 17.9. The van der Waals surface area contributed by atoms with Crippen molar-refractivity contribution < 1.29 is 19.4 Å². The van der Waals surface area contributed by atoms with E-state index in [1.54, 1.807) is 40.1 Å². The average molecular weight is 356 g/mol. The predicted molar refractivity (Wildman–Crippen MR) is 90.8 cm³/mol. The van der Waals surface area contributed by atoms with Crippen LogP contribution in [0.2, 0.25) is 0 Å². The lowest BCUT2D eigenvalue weighted by molar-refractivity contribution is -0.0521. The Hall–Kier alpha value is -1.80. The second kappa shape index (κ2) is 7.85. The number of primary amides is 1. The van der Waals surface area contributed by atoms with E-state index in [2.05, 4.69) is 15.7 Å². The van der Waals surface area contributed by atoms with E-state index in [1.807, 2.05) is 0 Å². The molecule has 1 aliphatic rings. The minimum atomic E-state index is -0.583. The second-order valence-electron chi connectivity index (χ2n) is 5.40. The van der Waals surface area contributed by atoms with Crippen molar-refractivity contribution in [3.05, 3.63) is 28.4 Å². The molecule has 3 unspecified atom stereocenters. The van der Waals surface area contributed by atoms with E-state index in [1.165, 1.54) is 0 Å². The number of aromatic amines is 1. The Balaban J connectivity index is 0.000000471. The fraction of sp³-hybridized carbons (Fsp3) is 0.500. The quantitative estimate of drug-likeness (QED) is 0.676. The number of H-pyrrole nitrogens is 1. The van der Waals surface area contributed by atoms with Gasteiger partial charge in [-0.05, 0) is 22.2 Å². The number of aliphatic hydroxyl groups excluding tert-OH is 1. The number of carbonyl (C=O) groups excluding carboxylic acids is 1. The first-order valence-electron chi connectivity index (χ1n) is 7.28. The lowest BCUT2D eigenvalue weighted by Crippen LogP contribution is -2.25. The van der Waals surface area contributed by atoms with Crippen LogP contribution in [0.1, 0.15) is 18.5 Å². The predicted octanol–water partition coefficient (Wildman–Crippen LogP) is 0.268. The maximum atomic E-state index is 11.8. The maximum Gasteiger partial charge on any atom is 0.260 e. The number of ether oxygens (including phenoxy) is 2. The normalized spacial score (nSPS) is 23.1. The smallest absolute Gasteiger partial charge is 0.260 e. The molecule has 2 aromatic rings. The summed E-state index contributed by atoms with van der Waals surface area (Å²) in [5.41, 5.74) is 4.42. The Bertz CT molecular complexity index is 770. The molecular weight excluding hydrogens is 335 g/mol. The highest BCUT2D eigenvalue weighted by atomic mass is 31.0. The number of hydrogen-bond acceptors (Lipinski definition) is 6. The molecule has 0 aromatic carbocycles. The fourth-order valence-corrected chi connectivity index (χ4v) is 2.59. The molecule has 10 heteroatoms. The molecule has 3 rings (SSSR count). The summed E-state index contributed by atoms with van der Waals surface area (Å²) in [5, 5.41) is 10.5. The molecule has 1 saturated heterocycles. The van der Waals surface area contributed by atoms with Crippen molar-refractivity contribution in [2.45, 2.75) is 31.8 Å². The number of fused-ring (bicyclic) bond motifs is 1. The first-order valence-corrected chi connectivity index (χ1v) is 7.86. The fourth-order valence-electron chi connectivity index (χ4n) is 2.59. The highest BCUT2D eigenvalue weighted by Crippen LogP contribution is 2.30. The van der Waals surface area contributed by atoms with Crippen molar-refractivity contribution in [3.63, 3.8) is 0 Å². The van der Waals surface area contributed by atoms with Gasteiger partial charge in [0.2, 0.25) is 5.65 Å². The molecule has 0 saturated carbocycles. The van der Waals surface area contributed by atoms with Gasteiger partial charge in [-0.3, -0.25) is 9.59 Å². The van der Waals surface area contributed by atoms with Gasteiger partial charge in [-0.1, -0.05) is 0 Å². The topological polar surface area (TPSA) is 132 Å². The molecular formula is C14H21N4O5P. The van der Waals surface area contributed by atoms with Gasteiger partial charge in [0, 0.05) is 19.7 Å². The Morgan fingerprint density at radius 2 is 2.33 bits per heavy atom. The molecule has 0 spiro atoms. The van der Waals surface area contributed by atoms with Crippen molar-refractivity contribution in [3.8, 4) is 0 Å². The molecule has 0 radical (unpaired) electrons. The molecule has 0 aliphatic carbocycles. The minimum Gasteiger partial charge on any atom is -0.390 e. The molecule has 132 valence electrons. The van der Waals surface area contributed by atoms with Crippen LogP contribution in [0, 0.1) is 6.92 Å². The zero-order valence-corrected chi connectivity index (χ0v) is 14.6. The van der Waals surface area contributed by atoms with Crippen molar-refractivity contribution >= 4 is 25.9 Å². The SMILES string of the molecule is COCC1OC(n2ccc3c(=O)[nH]c(C)nc32)C[C@H]1O.NC(=O)P. The van der Waals surface area contributed by atoms with Crippen LogP contribution in [0.5, 0.6) is 0 Å². The highest BCUT2D eigenvalue weighted by molar-refractivity contribution is 7.39. The second-order valence-corrected chi connectivity index (χ2v) is 5.97. The Morgan fingerprint density at radius 1 is 1.67 bits per heavy atom. The zero-order valence-electron chi connectivity index (χ0n) is 13.4. The van der Waals surface area contributed by atoms with Gasteiger partial charge in [0.1, 0.15) is 23.8 Å².